The fourth-order valence-electron chi connectivity index (χ4n) is 8.79. The van der Waals surface area contributed by atoms with Crippen molar-refractivity contribution in [1.82, 2.24) is 9.13 Å². The van der Waals surface area contributed by atoms with Crippen molar-refractivity contribution in [3.05, 3.63) is 203 Å². The van der Waals surface area contributed by atoms with E-state index in [0.717, 1.165) is 78.0 Å². The maximum absolute atomic E-state index is 14.4. The molecule has 10 aromatic rings. The Morgan fingerprint density at radius 2 is 1.02 bits per heavy atom. The summed E-state index contributed by atoms with van der Waals surface area (Å²) in [4.78, 5) is 7.79. The molecular formula is C53H30F3N5. The van der Waals surface area contributed by atoms with Crippen LogP contribution in [0.25, 0.3) is 98.1 Å². The van der Waals surface area contributed by atoms with Gasteiger partial charge in [-0.15, -0.1) is 0 Å². The average Bonchev–Trinajstić information content (AvgIpc) is 3.80. The highest BCUT2D eigenvalue weighted by atomic mass is 19.4. The van der Waals surface area contributed by atoms with Crippen molar-refractivity contribution in [2.24, 2.45) is 0 Å². The van der Waals surface area contributed by atoms with Crippen molar-refractivity contribution in [2.45, 2.75) is 13.1 Å². The van der Waals surface area contributed by atoms with E-state index in [1.165, 1.54) is 0 Å². The summed E-state index contributed by atoms with van der Waals surface area (Å²) in [5, 5.41) is 13.9. The topological polar surface area (TPSA) is 42.4 Å². The van der Waals surface area contributed by atoms with Gasteiger partial charge in [0.25, 0.3) is 0 Å². The fourth-order valence-corrected chi connectivity index (χ4v) is 8.79. The largest absolute Gasteiger partial charge is 0.416 e. The smallest absolute Gasteiger partial charge is 0.308 e. The minimum Gasteiger partial charge on any atom is -0.308 e. The van der Waals surface area contributed by atoms with Gasteiger partial charge < -0.3 is 9.13 Å². The summed E-state index contributed by atoms with van der Waals surface area (Å²) in [6.07, 6.45) is -4.60. The van der Waals surface area contributed by atoms with E-state index in [0.29, 0.717) is 33.8 Å². The predicted molar refractivity (Wildman–Crippen MR) is 238 cm³/mol. The van der Waals surface area contributed by atoms with Gasteiger partial charge in [-0.3, -0.25) is 0 Å². The van der Waals surface area contributed by atoms with Crippen LogP contribution >= 0.6 is 0 Å². The summed E-state index contributed by atoms with van der Waals surface area (Å²) in [6, 6.07) is 53.0. The number of benzene rings is 8. The van der Waals surface area contributed by atoms with Crippen LogP contribution in [0.15, 0.2) is 164 Å². The standard InChI is InChI=1S/C53H30F3N5/c1-32-24-36(26-37(25-32)53(54,55)56)44-29-51(60-47-18-10-7-15-40(47)43-23-21-34(28-50(43)60)39-14-6-9-17-45(39)58-2)52(30-46(44)59-3)61-48-19-11-8-16-41(48)42-22-20-33(27-49(42)61)38-13-5-4-12-35(38)31-57/h4-30H,1H3. The maximum atomic E-state index is 14.4. The molecule has 288 valence electrons. The van der Waals surface area contributed by atoms with E-state index in [1.54, 1.807) is 31.2 Å². The number of alkyl halides is 3. The predicted octanol–water partition coefficient (Wildman–Crippen LogP) is 15.2. The Kier molecular flexibility index (Phi) is 8.58. The third kappa shape index (κ3) is 5.99. The highest BCUT2D eigenvalue weighted by Gasteiger charge is 2.32. The third-order valence-electron chi connectivity index (χ3n) is 11.5. The fraction of sp³-hybridized carbons (Fsp3) is 0.0377. The van der Waals surface area contributed by atoms with Gasteiger partial charge in [-0.2, -0.15) is 18.4 Å². The number of nitrogens with zero attached hydrogens (tertiary/aromatic N) is 5. The Morgan fingerprint density at radius 1 is 0.492 bits per heavy atom. The molecular weight excluding hydrogens is 764 g/mol. The first-order valence-corrected chi connectivity index (χ1v) is 19.4. The molecule has 10 rings (SSSR count). The van der Waals surface area contributed by atoms with Crippen molar-refractivity contribution in [1.29, 1.82) is 5.26 Å². The number of aryl methyl sites for hydroxylation is 1. The molecule has 8 heteroatoms. The molecule has 0 aliphatic heterocycles. The van der Waals surface area contributed by atoms with Gasteiger partial charge in [-0.1, -0.05) is 109 Å². The van der Waals surface area contributed by atoms with E-state index in [1.807, 2.05) is 109 Å². The average molecular weight is 794 g/mol. The molecule has 2 aromatic heterocycles. The molecule has 0 bridgehead atoms. The van der Waals surface area contributed by atoms with Crippen molar-refractivity contribution in [3.63, 3.8) is 0 Å². The second-order valence-corrected chi connectivity index (χ2v) is 15.0. The second-order valence-electron chi connectivity index (χ2n) is 15.0. The molecule has 0 atom stereocenters. The summed E-state index contributed by atoms with van der Waals surface area (Å²) in [5.41, 5.74) is 9.26. The van der Waals surface area contributed by atoms with Crippen molar-refractivity contribution in [3.8, 4) is 50.8 Å². The van der Waals surface area contributed by atoms with E-state index in [4.69, 9.17) is 13.1 Å². The Balaban J connectivity index is 1.37. The molecule has 0 aliphatic carbocycles. The number of rotatable bonds is 5. The lowest BCUT2D eigenvalue weighted by Gasteiger charge is -2.20. The normalized spacial score (nSPS) is 11.6. The minimum absolute atomic E-state index is 0.182. The van der Waals surface area contributed by atoms with E-state index >= 15 is 0 Å². The van der Waals surface area contributed by atoms with Crippen molar-refractivity contribution < 1.29 is 13.2 Å². The lowest BCUT2D eigenvalue weighted by atomic mass is 9.97. The quantitative estimate of drug-likeness (QED) is 0.160. The number of hydrogen-bond donors (Lipinski definition) is 0. The summed E-state index contributed by atoms with van der Waals surface area (Å²) in [6.45, 7) is 18.0. The molecule has 0 radical (unpaired) electrons. The lowest BCUT2D eigenvalue weighted by molar-refractivity contribution is -0.137. The lowest BCUT2D eigenvalue weighted by Crippen LogP contribution is -2.06. The molecule has 0 saturated carbocycles. The van der Waals surface area contributed by atoms with Crippen LogP contribution in [0, 0.1) is 31.4 Å². The Labute approximate surface area is 348 Å². The third-order valence-corrected chi connectivity index (χ3v) is 11.5. The van der Waals surface area contributed by atoms with Gasteiger partial charge in [0.2, 0.25) is 0 Å². The highest BCUT2D eigenvalue weighted by Crippen LogP contribution is 2.46. The van der Waals surface area contributed by atoms with Gasteiger partial charge in [-0.25, -0.2) is 9.69 Å². The molecule has 0 N–H and O–H groups in total. The first-order chi connectivity index (χ1) is 29.7. The second kappa shape index (κ2) is 14.2. The van der Waals surface area contributed by atoms with E-state index in [-0.39, 0.29) is 11.3 Å². The van der Waals surface area contributed by atoms with Gasteiger partial charge in [0.15, 0.2) is 11.4 Å². The monoisotopic (exact) mass is 793 g/mol. The molecule has 0 unspecified atom stereocenters. The molecule has 0 saturated heterocycles. The summed E-state index contributed by atoms with van der Waals surface area (Å²) in [5.74, 6) is 0. The number of aromatic nitrogens is 2. The van der Waals surface area contributed by atoms with Crippen molar-refractivity contribution >= 4 is 55.0 Å². The van der Waals surface area contributed by atoms with E-state index in [2.05, 4.69) is 43.1 Å². The van der Waals surface area contributed by atoms with Crippen LogP contribution in [0.3, 0.4) is 0 Å². The van der Waals surface area contributed by atoms with Gasteiger partial charge in [0.1, 0.15) is 0 Å². The highest BCUT2D eigenvalue weighted by molar-refractivity contribution is 6.13. The van der Waals surface area contributed by atoms with E-state index < -0.39 is 11.7 Å². The number of nitriles is 1. The van der Waals surface area contributed by atoms with Crippen LogP contribution in [0.4, 0.5) is 24.5 Å². The summed E-state index contributed by atoms with van der Waals surface area (Å²) in [7, 11) is 0. The molecule has 0 aliphatic rings. The van der Waals surface area contributed by atoms with Gasteiger partial charge >= 0.3 is 6.18 Å². The number of fused-ring (bicyclic) bond motifs is 6. The SMILES string of the molecule is [C-]#[N+]c1ccccc1-c1ccc2c3ccccc3n(-c3cc(-c4cc(C)cc(C(F)(F)F)c4)c([N+]#[C-])cc3-n3c4ccccc4c4ccc(-c5ccccc5C#N)cc43)c2c1. The number of para-hydroxylation sites is 3. The Morgan fingerprint density at radius 3 is 1.62 bits per heavy atom. The van der Waals surface area contributed by atoms with Crippen LogP contribution in [0.1, 0.15) is 16.7 Å². The molecule has 8 aromatic carbocycles. The van der Waals surface area contributed by atoms with Gasteiger partial charge in [0.05, 0.1) is 63.8 Å². The number of halogens is 3. The zero-order chi connectivity index (χ0) is 42.0. The van der Waals surface area contributed by atoms with Crippen LogP contribution in [-0.2, 0) is 6.18 Å². The first-order valence-electron chi connectivity index (χ1n) is 19.4. The molecule has 0 amide bonds. The molecule has 0 fully saturated rings. The van der Waals surface area contributed by atoms with Crippen LogP contribution in [-0.4, -0.2) is 9.13 Å². The zero-order valence-electron chi connectivity index (χ0n) is 32.5. The van der Waals surface area contributed by atoms with Crippen LogP contribution in [0.5, 0.6) is 0 Å². The molecule has 61 heavy (non-hydrogen) atoms. The Bertz CT molecular complexity index is 3590. The molecule has 0 spiro atoms. The van der Waals surface area contributed by atoms with Crippen molar-refractivity contribution in [2.75, 3.05) is 0 Å². The number of hydrogen-bond acceptors (Lipinski definition) is 1. The Hall–Kier alpha value is -8.38. The summed E-state index contributed by atoms with van der Waals surface area (Å²) >= 11 is 0. The van der Waals surface area contributed by atoms with E-state index in [9.17, 15) is 18.4 Å². The van der Waals surface area contributed by atoms with Gasteiger partial charge in [0, 0.05) is 21.5 Å². The van der Waals surface area contributed by atoms with Crippen LogP contribution < -0.4 is 0 Å². The first kappa shape index (κ1) is 36.9. The molecule has 2 heterocycles. The summed E-state index contributed by atoms with van der Waals surface area (Å²) < 4.78 is 47.4. The zero-order valence-corrected chi connectivity index (χ0v) is 32.5. The van der Waals surface area contributed by atoms with Gasteiger partial charge in [-0.05, 0) is 100 Å². The molecule has 5 nitrogen and oxygen atoms in total. The minimum atomic E-state index is -4.60. The van der Waals surface area contributed by atoms with Crippen LogP contribution in [0.2, 0.25) is 0 Å². The maximum Gasteiger partial charge on any atom is 0.416 e.